The Hall–Kier alpha value is -3.06. The van der Waals surface area contributed by atoms with E-state index in [1.165, 1.54) is 0 Å². The lowest BCUT2D eigenvalue weighted by Crippen LogP contribution is -2.01. The van der Waals surface area contributed by atoms with Crippen LogP contribution in [-0.2, 0) is 0 Å². The van der Waals surface area contributed by atoms with Gasteiger partial charge in [-0.25, -0.2) is 0 Å². The number of ether oxygens (including phenoxy) is 2. The molecule has 0 aromatic heterocycles. The van der Waals surface area contributed by atoms with Crippen LogP contribution in [0.4, 0.5) is 0 Å². The van der Waals surface area contributed by atoms with Crippen molar-refractivity contribution in [2.45, 2.75) is 6.92 Å². The fourth-order valence-corrected chi connectivity index (χ4v) is 2.18. The first-order valence-corrected chi connectivity index (χ1v) is 6.80. The zero-order valence-electron chi connectivity index (χ0n) is 12.0. The van der Waals surface area contributed by atoms with Gasteiger partial charge >= 0.3 is 0 Å². The quantitative estimate of drug-likeness (QED) is 0.493. The Bertz CT molecular complexity index is 798. The van der Waals surface area contributed by atoms with Crippen molar-refractivity contribution >= 4 is 11.9 Å². The molecular weight excluding hydrogens is 278 g/mol. The molecule has 22 heavy (non-hydrogen) atoms. The van der Waals surface area contributed by atoms with Gasteiger partial charge in [-0.1, -0.05) is 35.9 Å². The zero-order chi connectivity index (χ0) is 15.5. The van der Waals surface area contributed by atoms with E-state index < -0.39 is 0 Å². The second-order valence-electron chi connectivity index (χ2n) is 4.98. The third-order valence-corrected chi connectivity index (χ3v) is 3.39. The Morgan fingerprint density at radius 1 is 1.14 bits per heavy atom. The summed E-state index contributed by atoms with van der Waals surface area (Å²) in [4.78, 5) is 12.4. The Morgan fingerprint density at radius 2 is 1.86 bits per heavy atom. The van der Waals surface area contributed by atoms with Crippen molar-refractivity contribution in [1.29, 1.82) is 5.26 Å². The van der Waals surface area contributed by atoms with Crippen molar-refractivity contribution < 1.29 is 14.3 Å². The SMILES string of the molecule is Cc1ccc(C(=O)C(C#N)=Cc2ccc3c(c2)OCO3)cc1. The number of hydrogen-bond donors (Lipinski definition) is 0. The molecule has 0 amide bonds. The fourth-order valence-electron chi connectivity index (χ4n) is 2.18. The average Bonchev–Trinajstić information content (AvgIpc) is 3.00. The molecule has 1 heterocycles. The molecule has 2 aromatic rings. The van der Waals surface area contributed by atoms with Gasteiger partial charge in [-0.05, 0) is 30.7 Å². The van der Waals surface area contributed by atoms with Gasteiger partial charge in [0, 0.05) is 5.56 Å². The molecule has 0 saturated carbocycles. The minimum Gasteiger partial charge on any atom is -0.454 e. The monoisotopic (exact) mass is 291 g/mol. The van der Waals surface area contributed by atoms with Crippen molar-refractivity contribution in [2.75, 3.05) is 6.79 Å². The topological polar surface area (TPSA) is 59.3 Å². The van der Waals surface area contributed by atoms with Gasteiger partial charge in [0.1, 0.15) is 11.6 Å². The summed E-state index contributed by atoms with van der Waals surface area (Å²) in [5.41, 5.74) is 2.37. The van der Waals surface area contributed by atoms with E-state index in [9.17, 15) is 10.1 Å². The highest BCUT2D eigenvalue weighted by Gasteiger charge is 2.15. The van der Waals surface area contributed by atoms with Crippen LogP contribution in [0, 0.1) is 18.3 Å². The molecule has 0 radical (unpaired) electrons. The number of ketones is 1. The summed E-state index contributed by atoms with van der Waals surface area (Å²) in [6.07, 6.45) is 1.56. The van der Waals surface area contributed by atoms with Gasteiger partial charge in [0.25, 0.3) is 0 Å². The molecule has 0 unspecified atom stereocenters. The molecule has 4 heteroatoms. The molecule has 1 aliphatic heterocycles. The van der Waals surface area contributed by atoms with Crippen LogP contribution < -0.4 is 9.47 Å². The van der Waals surface area contributed by atoms with Gasteiger partial charge in [0.05, 0.1) is 0 Å². The highest BCUT2D eigenvalue weighted by molar-refractivity contribution is 6.14. The summed E-state index contributed by atoms with van der Waals surface area (Å²) in [5.74, 6) is 0.995. The molecule has 1 aliphatic rings. The van der Waals surface area contributed by atoms with Gasteiger partial charge in [-0.2, -0.15) is 5.26 Å². The minimum absolute atomic E-state index is 0.0859. The molecule has 0 aliphatic carbocycles. The molecule has 0 saturated heterocycles. The van der Waals surface area contributed by atoms with Gasteiger partial charge in [0.2, 0.25) is 12.6 Å². The van der Waals surface area contributed by atoms with Gasteiger partial charge in [-0.15, -0.1) is 0 Å². The summed E-state index contributed by atoms with van der Waals surface area (Å²) in [7, 11) is 0. The van der Waals surface area contributed by atoms with Gasteiger partial charge in [0.15, 0.2) is 11.5 Å². The Morgan fingerprint density at radius 3 is 2.59 bits per heavy atom. The van der Waals surface area contributed by atoms with E-state index in [0.29, 0.717) is 17.1 Å². The second-order valence-corrected chi connectivity index (χ2v) is 4.98. The predicted molar refractivity (Wildman–Crippen MR) is 81.7 cm³/mol. The zero-order valence-corrected chi connectivity index (χ0v) is 12.0. The minimum atomic E-state index is -0.292. The van der Waals surface area contributed by atoms with Crippen molar-refractivity contribution in [2.24, 2.45) is 0 Å². The maximum absolute atomic E-state index is 12.4. The van der Waals surface area contributed by atoms with Crippen LogP contribution >= 0.6 is 0 Å². The van der Waals surface area contributed by atoms with E-state index in [0.717, 1.165) is 11.1 Å². The third-order valence-electron chi connectivity index (χ3n) is 3.39. The summed E-state index contributed by atoms with van der Waals surface area (Å²) < 4.78 is 10.5. The second kappa shape index (κ2) is 5.74. The number of Topliss-reactive ketones (excluding diaryl/α,β-unsaturated/α-hetero) is 1. The first kappa shape index (κ1) is 13.9. The van der Waals surface area contributed by atoms with E-state index in [1.807, 2.05) is 25.1 Å². The number of nitriles is 1. The lowest BCUT2D eigenvalue weighted by atomic mass is 10.0. The number of allylic oxidation sites excluding steroid dienone is 1. The van der Waals surface area contributed by atoms with E-state index >= 15 is 0 Å². The number of nitrogens with zero attached hydrogens (tertiary/aromatic N) is 1. The number of hydrogen-bond acceptors (Lipinski definition) is 4. The van der Waals surface area contributed by atoms with Crippen molar-refractivity contribution in [3.8, 4) is 17.6 Å². The van der Waals surface area contributed by atoms with Crippen LogP contribution in [0.15, 0.2) is 48.0 Å². The van der Waals surface area contributed by atoms with E-state index in [1.54, 1.807) is 36.4 Å². The van der Waals surface area contributed by atoms with Crippen LogP contribution in [0.2, 0.25) is 0 Å². The van der Waals surface area contributed by atoms with Gasteiger partial charge < -0.3 is 9.47 Å². The van der Waals surface area contributed by atoms with Crippen LogP contribution in [0.3, 0.4) is 0 Å². The molecule has 108 valence electrons. The van der Waals surface area contributed by atoms with Crippen LogP contribution in [0.25, 0.3) is 6.08 Å². The molecule has 4 nitrogen and oxygen atoms in total. The Labute approximate surface area is 128 Å². The number of carbonyl (C=O) groups is 1. The molecule has 0 fully saturated rings. The number of fused-ring (bicyclic) bond motifs is 1. The molecular formula is C18H13NO3. The van der Waals surface area contributed by atoms with Gasteiger partial charge in [-0.3, -0.25) is 4.79 Å². The molecule has 0 bridgehead atoms. The summed E-state index contributed by atoms with van der Waals surface area (Å²) in [6.45, 7) is 2.14. The number of rotatable bonds is 3. The Kier molecular flexibility index (Phi) is 3.63. The highest BCUT2D eigenvalue weighted by atomic mass is 16.7. The lowest BCUT2D eigenvalue weighted by Gasteiger charge is -2.02. The molecule has 0 atom stereocenters. The molecule has 0 N–H and O–H groups in total. The van der Waals surface area contributed by atoms with Crippen molar-refractivity contribution in [3.05, 3.63) is 64.7 Å². The van der Waals surface area contributed by atoms with E-state index in [4.69, 9.17) is 9.47 Å². The summed E-state index contributed by atoms with van der Waals surface area (Å²) in [6, 6.07) is 14.4. The lowest BCUT2D eigenvalue weighted by molar-refractivity contribution is 0.104. The molecule has 3 rings (SSSR count). The van der Waals surface area contributed by atoms with Crippen molar-refractivity contribution in [3.63, 3.8) is 0 Å². The van der Waals surface area contributed by atoms with Crippen LogP contribution in [-0.4, -0.2) is 12.6 Å². The van der Waals surface area contributed by atoms with E-state index in [-0.39, 0.29) is 18.1 Å². The van der Waals surface area contributed by atoms with Crippen LogP contribution in [0.1, 0.15) is 21.5 Å². The molecule has 2 aromatic carbocycles. The normalized spacial score (nSPS) is 12.8. The summed E-state index contributed by atoms with van der Waals surface area (Å²) >= 11 is 0. The maximum Gasteiger partial charge on any atom is 0.231 e. The standard InChI is InChI=1S/C18H13NO3/c1-12-2-5-14(6-3-12)18(20)15(10-19)8-13-4-7-16-17(9-13)22-11-21-16/h2-9H,11H2,1H3. The maximum atomic E-state index is 12.4. The number of aryl methyl sites for hydroxylation is 1. The van der Waals surface area contributed by atoms with E-state index in [2.05, 4.69) is 0 Å². The van der Waals surface area contributed by atoms with Crippen LogP contribution in [0.5, 0.6) is 11.5 Å². The fraction of sp³-hybridized carbons (Fsp3) is 0.111. The first-order chi connectivity index (χ1) is 10.7. The smallest absolute Gasteiger partial charge is 0.231 e. The highest BCUT2D eigenvalue weighted by Crippen LogP contribution is 2.33. The number of benzene rings is 2. The predicted octanol–water partition coefficient (Wildman–Crippen LogP) is 3.51. The summed E-state index contributed by atoms with van der Waals surface area (Å²) in [5, 5.41) is 9.27. The average molecular weight is 291 g/mol. The Balaban J connectivity index is 1.92. The molecule has 0 spiro atoms. The first-order valence-electron chi connectivity index (χ1n) is 6.80. The van der Waals surface area contributed by atoms with Crippen molar-refractivity contribution in [1.82, 2.24) is 0 Å². The largest absolute Gasteiger partial charge is 0.454 e. The third kappa shape index (κ3) is 2.70. The number of carbonyl (C=O) groups excluding carboxylic acids is 1.